The SMILES string of the molecule is CN(C)c1nc(N)nc(OC(F)(F)F)n1. The zero-order chi connectivity index (χ0) is 11.6. The maximum Gasteiger partial charge on any atom is 0.575 e. The minimum Gasteiger partial charge on any atom is -0.370 e. The summed E-state index contributed by atoms with van der Waals surface area (Å²) in [4.78, 5) is 11.6. The molecule has 0 bridgehead atoms. The van der Waals surface area contributed by atoms with Gasteiger partial charge in [-0.2, -0.15) is 15.0 Å². The molecule has 0 atom stereocenters. The summed E-state index contributed by atoms with van der Waals surface area (Å²) in [6.07, 6.45) is -4.85. The fraction of sp³-hybridized carbons (Fsp3) is 0.500. The highest BCUT2D eigenvalue weighted by atomic mass is 19.4. The van der Waals surface area contributed by atoms with E-state index in [4.69, 9.17) is 5.73 Å². The van der Waals surface area contributed by atoms with Gasteiger partial charge in [0.2, 0.25) is 11.9 Å². The summed E-state index contributed by atoms with van der Waals surface area (Å²) >= 11 is 0. The van der Waals surface area contributed by atoms with Crippen LogP contribution < -0.4 is 15.4 Å². The highest BCUT2D eigenvalue weighted by Gasteiger charge is 2.33. The first-order chi connectivity index (χ1) is 6.78. The van der Waals surface area contributed by atoms with Gasteiger partial charge in [-0.05, 0) is 0 Å². The molecule has 0 unspecified atom stereocenters. The summed E-state index contributed by atoms with van der Waals surface area (Å²) in [5.41, 5.74) is 5.18. The van der Waals surface area contributed by atoms with Crippen molar-refractivity contribution in [1.82, 2.24) is 15.0 Å². The Kier molecular flexibility index (Phi) is 2.82. The monoisotopic (exact) mass is 223 g/mol. The molecule has 0 radical (unpaired) electrons. The van der Waals surface area contributed by atoms with Gasteiger partial charge in [0.15, 0.2) is 0 Å². The number of ether oxygens (including phenoxy) is 1. The van der Waals surface area contributed by atoms with E-state index < -0.39 is 12.4 Å². The first-order valence-electron chi connectivity index (χ1n) is 3.72. The third kappa shape index (κ3) is 3.44. The number of nitrogens with zero attached hydrogens (tertiary/aromatic N) is 4. The summed E-state index contributed by atoms with van der Waals surface area (Å²) in [7, 11) is 3.10. The Hall–Kier alpha value is -1.80. The number of rotatable bonds is 2. The zero-order valence-electron chi connectivity index (χ0n) is 7.91. The summed E-state index contributed by atoms with van der Waals surface area (Å²) in [5, 5.41) is 0. The Morgan fingerprint density at radius 3 is 2.27 bits per heavy atom. The Labute approximate surface area is 82.9 Å². The van der Waals surface area contributed by atoms with Crippen LogP contribution in [0.4, 0.5) is 25.1 Å². The molecule has 1 aromatic heterocycles. The summed E-state index contributed by atoms with van der Waals surface area (Å²) < 4.78 is 39.0. The fourth-order valence-electron chi connectivity index (χ4n) is 0.710. The molecule has 1 aromatic rings. The van der Waals surface area contributed by atoms with Gasteiger partial charge < -0.3 is 15.4 Å². The van der Waals surface area contributed by atoms with Gasteiger partial charge in [-0.25, -0.2) is 0 Å². The standard InChI is InChI=1S/C6H8F3N5O/c1-14(2)4-11-3(10)12-5(13-4)15-6(7,8)9/h1-2H3,(H2,10,11,12,13). The lowest BCUT2D eigenvalue weighted by molar-refractivity contribution is -0.277. The van der Waals surface area contributed by atoms with Crippen molar-refractivity contribution in [2.24, 2.45) is 0 Å². The molecule has 0 saturated heterocycles. The molecule has 2 N–H and O–H groups in total. The van der Waals surface area contributed by atoms with Gasteiger partial charge in [-0.15, -0.1) is 13.2 Å². The maximum absolute atomic E-state index is 11.8. The Bertz CT molecular complexity index is 353. The lowest BCUT2D eigenvalue weighted by Gasteiger charge is -2.12. The molecule has 0 amide bonds. The van der Waals surface area contributed by atoms with Gasteiger partial charge in [0.1, 0.15) is 0 Å². The van der Waals surface area contributed by atoms with Gasteiger partial charge >= 0.3 is 12.4 Å². The molecule has 0 fully saturated rings. The maximum atomic E-state index is 11.8. The highest BCUT2D eigenvalue weighted by Crippen LogP contribution is 2.20. The molecule has 0 spiro atoms. The summed E-state index contributed by atoms with van der Waals surface area (Å²) in [6, 6.07) is -0.876. The minimum atomic E-state index is -4.85. The molecule has 0 aliphatic carbocycles. The summed E-state index contributed by atoms with van der Waals surface area (Å²) in [6.45, 7) is 0. The second-order valence-electron chi connectivity index (χ2n) is 2.72. The smallest absolute Gasteiger partial charge is 0.370 e. The van der Waals surface area contributed by atoms with Gasteiger partial charge in [0.05, 0.1) is 0 Å². The molecule has 1 rings (SSSR count). The Morgan fingerprint density at radius 2 is 1.80 bits per heavy atom. The van der Waals surface area contributed by atoms with Crippen molar-refractivity contribution in [3.8, 4) is 6.01 Å². The van der Waals surface area contributed by atoms with Crippen LogP contribution >= 0.6 is 0 Å². The van der Waals surface area contributed by atoms with Crippen LogP contribution in [0.1, 0.15) is 0 Å². The number of nitrogens with two attached hydrogens (primary N) is 1. The van der Waals surface area contributed by atoms with E-state index in [1.165, 1.54) is 4.90 Å². The highest BCUT2D eigenvalue weighted by molar-refractivity contribution is 5.33. The molecule has 0 aliphatic heterocycles. The Balaban J connectivity index is 2.99. The molecule has 0 aromatic carbocycles. The van der Waals surface area contributed by atoms with E-state index in [-0.39, 0.29) is 11.9 Å². The number of nitrogen functional groups attached to an aromatic ring is 1. The minimum absolute atomic E-state index is 0.0123. The van der Waals surface area contributed by atoms with Gasteiger partial charge in [0, 0.05) is 14.1 Å². The summed E-state index contributed by atoms with van der Waals surface area (Å²) in [5.74, 6) is -0.352. The number of hydrogen-bond acceptors (Lipinski definition) is 6. The molecule has 15 heavy (non-hydrogen) atoms. The van der Waals surface area contributed by atoms with Crippen LogP contribution in [0.3, 0.4) is 0 Å². The number of halogens is 3. The molecule has 6 nitrogen and oxygen atoms in total. The van der Waals surface area contributed by atoms with E-state index in [0.29, 0.717) is 0 Å². The van der Waals surface area contributed by atoms with Crippen molar-refractivity contribution in [2.45, 2.75) is 6.36 Å². The van der Waals surface area contributed by atoms with E-state index in [9.17, 15) is 13.2 Å². The van der Waals surface area contributed by atoms with Crippen LogP contribution in [0.15, 0.2) is 0 Å². The van der Waals surface area contributed by atoms with Gasteiger partial charge in [0.25, 0.3) is 0 Å². The molecule has 0 saturated carbocycles. The normalized spacial score (nSPS) is 11.3. The first-order valence-corrected chi connectivity index (χ1v) is 3.72. The number of anilines is 2. The molecule has 1 heterocycles. The van der Waals surface area contributed by atoms with E-state index in [1.807, 2.05) is 0 Å². The Morgan fingerprint density at radius 1 is 1.20 bits per heavy atom. The van der Waals surface area contributed by atoms with Crippen molar-refractivity contribution in [2.75, 3.05) is 24.7 Å². The second-order valence-corrected chi connectivity index (χ2v) is 2.72. The van der Waals surface area contributed by atoms with Crippen molar-refractivity contribution >= 4 is 11.9 Å². The number of aromatic nitrogens is 3. The molecule has 84 valence electrons. The van der Waals surface area contributed by atoms with Gasteiger partial charge in [-0.1, -0.05) is 0 Å². The van der Waals surface area contributed by atoms with Crippen LogP contribution in [-0.2, 0) is 0 Å². The number of alkyl halides is 3. The number of hydrogen-bond donors (Lipinski definition) is 1. The predicted octanol–water partition coefficient (Wildman–Crippen LogP) is 0.418. The van der Waals surface area contributed by atoms with E-state index in [0.717, 1.165) is 0 Å². The van der Waals surface area contributed by atoms with Gasteiger partial charge in [-0.3, -0.25) is 0 Å². The topological polar surface area (TPSA) is 77.2 Å². The van der Waals surface area contributed by atoms with Crippen LogP contribution in [0, 0.1) is 0 Å². The van der Waals surface area contributed by atoms with E-state index in [1.54, 1.807) is 14.1 Å². The average Bonchev–Trinajstić information content (AvgIpc) is 1.99. The van der Waals surface area contributed by atoms with E-state index >= 15 is 0 Å². The third-order valence-electron chi connectivity index (χ3n) is 1.23. The fourth-order valence-corrected chi connectivity index (χ4v) is 0.710. The molecular weight excluding hydrogens is 215 g/mol. The van der Waals surface area contributed by atoms with Crippen LogP contribution in [0.25, 0.3) is 0 Å². The quantitative estimate of drug-likeness (QED) is 0.782. The largest absolute Gasteiger partial charge is 0.575 e. The zero-order valence-corrected chi connectivity index (χ0v) is 7.91. The lowest BCUT2D eigenvalue weighted by atomic mass is 10.8. The predicted molar refractivity (Wildman–Crippen MR) is 45.2 cm³/mol. The van der Waals surface area contributed by atoms with Crippen molar-refractivity contribution in [3.63, 3.8) is 0 Å². The van der Waals surface area contributed by atoms with Crippen molar-refractivity contribution < 1.29 is 17.9 Å². The average molecular weight is 223 g/mol. The van der Waals surface area contributed by atoms with Crippen molar-refractivity contribution in [3.05, 3.63) is 0 Å². The molecule has 0 aliphatic rings. The van der Waals surface area contributed by atoms with E-state index in [2.05, 4.69) is 19.7 Å². The van der Waals surface area contributed by atoms with Crippen LogP contribution in [0.2, 0.25) is 0 Å². The lowest BCUT2D eigenvalue weighted by Crippen LogP contribution is -2.21. The van der Waals surface area contributed by atoms with Crippen molar-refractivity contribution in [1.29, 1.82) is 0 Å². The second kappa shape index (κ2) is 3.75. The van der Waals surface area contributed by atoms with Crippen LogP contribution in [0.5, 0.6) is 6.01 Å². The third-order valence-corrected chi connectivity index (χ3v) is 1.23. The first kappa shape index (κ1) is 11.3. The molecule has 9 heteroatoms. The van der Waals surface area contributed by atoms with Crippen LogP contribution in [-0.4, -0.2) is 35.4 Å². The molecular formula is C6H8F3N5O.